The average molecular weight is 523 g/mol. The summed E-state index contributed by atoms with van der Waals surface area (Å²) in [6.07, 6.45) is 0.968. The molecule has 2 saturated heterocycles. The van der Waals surface area contributed by atoms with E-state index in [0.29, 0.717) is 83.7 Å². The van der Waals surface area contributed by atoms with Crippen molar-refractivity contribution in [3.05, 3.63) is 56.8 Å². The van der Waals surface area contributed by atoms with Gasteiger partial charge in [0.1, 0.15) is 11.7 Å². The van der Waals surface area contributed by atoms with Crippen molar-refractivity contribution in [2.75, 3.05) is 44.7 Å². The number of Topliss-reactive ketones (excluding diaryl/α,β-unsaturated/α-hetero) is 1. The number of amides is 3. The van der Waals surface area contributed by atoms with Gasteiger partial charge in [-0.3, -0.25) is 15.0 Å². The highest BCUT2D eigenvalue weighted by atomic mass is 32.1. The lowest BCUT2D eigenvalue weighted by Gasteiger charge is -2.29. The molecule has 6 rings (SSSR count). The first-order valence-electron chi connectivity index (χ1n) is 12.3. The largest absolute Gasteiger partial charge is 0.391 e. The Hall–Kier alpha value is -3.45. The van der Waals surface area contributed by atoms with Crippen LogP contribution in [0.5, 0.6) is 0 Å². The van der Waals surface area contributed by atoms with Crippen molar-refractivity contribution in [2.24, 2.45) is 10.2 Å². The Morgan fingerprint density at radius 3 is 2.78 bits per heavy atom. The molecule has 2 aromatic rings. The number of hydrogen-bond acceptors (Lipinski definition) is 9. The van der Waals surface area contributed by atoms with Crippen LogP contribution in [0.2, 0.25) is 0 Å². The monoisotopic (exact) mass is 522 g/mol. The molecular weight excluding hydrogens is 496 g/mol. The molecule has 2 fully saturated rings. The number of aliphatic hydroxyl groups is 1. The van der Waals surface area contributed by atoms with Gasteiger partial charge in [-0.15, -0.1) is 11.3 Å². The number of urea groups is 1. The number of hydrazine groups is 1. The van der Waals surface area contributed by atoms with E-state index < -0.39 is 18.2 Å². The molecule has 1 aliphatic carbocycles. The molecule has 4 aliphatic rings. The molecule has 12 heteroatoms. The number of nitrogens with zero attached hydrogens (tertiary/aromatic N) is 4. The van der Waals surface area contributed by atoms with E-state index in [1.807, 2.05) is 6.07 Å². The van der Waals surface area contributed by atoms with E-state index in [1.54, 1.807) is 34.2 Å². The Labute approximate surface area is 216 Å². The predicted molar refractivity (Wildman–Crippen MR) is 135 cm³/mol. The summed E-state index contributed by atoms with van der Waals surface area (Å²) in [5.41, 5.74) is 5.21. The maximum atomic E-state index is 13.6. The van der Waals surface area contributed by atoms with E-state index in [2.05, 4.69) is 21.0 Å². The van der Waals surface area contributed by atoms with Crippen LogP contribution >= 0.6 is 11.3 Å². The van der Waals surface area contributed by atoms with Gasteiger partial charge < -0.3 is 20.1 Å². The van der Waals surface area contributed by atoms with E-state index in [4.69, 9.17) is 4.74 Å². The standard InChI is InChI=1S/C25H26N6O5S/c32-14-3-2-8-30(13-14)24(34)18-7-6-17(37-18)22-20-21(27-28-22)15-4-1-5-16(19(15)23(20)33)26-25(35)29-31-9-11-36-12-10-31/h1,4-7,14,21,32H,2-3,8-13H2,(H2,26,29,35). The number of benzene rings is 1. The number of nitrogens with one attached hydrogen (secondary N) is 2. The highest BCUT2D eigenvalue weighted by Crippen LogP contribution is 2.49. The molecule has 3 amide bonds. The lowest BCUT2D eigenvalue weighted by molar-refractivity contribution is 0.0207. The zero-order valence-electron chi connectivity index (χ0n) is 20.0. The van der Waals surface area contributed by atoms with Crippen molar-refractivity contribution in [2.45, 2.75) is 25.0 Å². The highest BCUT2D eigenvalue weighted by Gasteiger charge is 2.42. The molecule has 0 saturated carbocycles. The van der Waals surface area contributed by atoms with Gasteiger partial charge in [0.15, 0.2) is 5.78 Å². The van der Waals surface area contributed by atoms with Crippen LogP contribution in [0, 0.1) is 0 Å². The van der Waals surface area contributed by atoms with Crippen LogP contribution in [0.1, 0.15) is 49.4 Å². The fourth-order valence-electron chi connectivity index (χ4n) is 5.12. The number of likely N-dealkylation sites (tertiary alicyclic amines) is 1. The molecule has 0 spiro atoms. The van der Waals surface area contributed by atoms with E-state index in [1.165, 1.54) is 11.3 Å². The van der Waals surface area contributed by atoms with Gasteiger partial charge in [0.05, 0.1) is 45.9 Å². The summed E-state index contributed by atoms with van der Waals surface area (Å²) < 4.78 is 5.30. The van der Waals surface area contributed by atoms with Gasteiger partial charge in [-0.1, -0.05) is 12.1 Å². The van der Waals surface area contributed by atoms with Gasteiger partial charge in [-0.05, 0) is 36.6 Å². The second-order valence-corrected chi connectivity index (χ2v) is 10.4. The van der Waals surface area contributed by atoms with Crippen molar-refractivity contribution in [1.82, 2.24) is 15.3 Å². The lowest BCUT2D eigenvalue weighted by Crippen LogP contribution is -2.49. The third-order valence-corrected chi connectivity index (χ3v) is 8.00. The van der Waals surface area contributed by atoms with Crippen molar-refractivity contribution >= 4 is 40.4 Å². The Kier molecular flexibility index (Phi) is 6.32. The third-order valence-electron chi connectivity index (χ3n) is 6.92. The topological polar surface area (TPSA) is 136 Å². The molecule has 3 aliphatic heterocycles. The molecule has 1 aromatic heterocycles. The smallest absolute Gasteiger partial charge is 0.333 e. The van der Waals surface area contributed by atoms with Crippen LogP contribution in [0.15, 0.2) is 46.1 Å². The molecule has 1 aromatic carbocycles. The number of piperidine rings is 1. The number of thiophene rings is 1. The second kappa shape index (κ2) is 9.78. The number of morpholine rings is 1. The summed E-state index contributed by atoms with van der Waals surface area (Å²) in [5.74, 6) is -0.367. The number of anilines is 1. The molecule has 2 atom stereocenters. The molecule has 2 unspecified atom stereocenters. The first kappa shape index (κ1) is 23.9. The van der Waals surface area contributed by atoms with Crippen molar-refractivity contribution in [3.63, 3.8) is 0 Å². The maximum Gasteiger partial charge on any atom is 0.333 e. The van der Waals surface area contributed by atoms with Crippen LogP contribution in [-0.4, -0.2) is 78.2 Å². The van der Waals surface area contributed by atoms with E-state index in [-0.39, 0.29) is 11.7 Å². The summed E-state index contributed by atoms with van der Waals surface area (Å²) in [6.45, 7) is 3.19. The van der Waals surface area contributed by atoms with Crippen molar-refractivity contribution in [3.8, 4) is 0 Å². The van der Waals surface area contributed by atoms with Gasteiger partial charge >= 0.3 is 6.03 Å². The molecule has 0 bridgehead atoms. The number of β-amino-alcohol motifs (C(OH)–C–C–N with tert-alkyl or cyclic N) is 1. The second-order valence-electron chi connectivity index (χ2n) is 9.36. The zero-order valence-corrected chi connectivity index (χ0v) is 20.8. The highest BCUT2D eigenvalue weighted by molar-refractivity contribution is 7.15. The minimum Gasteiger partial charge on any atom is -0.391 e. The fraction of sp³-hybridized carbons (Fsp3) is 0.400. The minimum atomic E-state index is -0.542. The number of carbonyl (C=O) groups excluding carboxylic acids is 3. The Morgan fingerprint density at radius 1 is 1.14 bits per heavy atom. The van der Waals surface area contributed by atoms with Crippen LogP contribution in [0.25, 0.3) is 5.70 Å². The molecule has 11 nitrogen and oxygen atoms in total. The number of hydrogen-bond donors (Lipinski definition) is 3. The molecule has 3 N–H and O–H groups in total. The SMILES string of the molecule is O=C(Nc1cccc2c1C(=O)C1=C(c3ccc(C(=O)N4CCCC(O)C4)s3)N=NC12)NN1CCOCC1. The van der Waals surface area contributed by atoms with E-state index >= 15 is 0 Å². The first-order valence-corrected chi connectivity index (χ1v) is 13.1. The number of aliphatic hydroxyl groups excluding tert-OH is 1. The van der Waals surface area contributed by atoms with Crippen LogP contribution in [0.4, 0.5) is 10.5 Å². The van der Waals surface area contributed by atoms with E-state index in [9.17, 15) is 19.5 Å². The van der Waals surface area contributed by atoms with Gasteiger partial charge in [0.25, 0.3) is 5.91 Å². The molecule has 0 radical (unpaired) electrons. The summed E-state index contributed by atoms with van der Waals surface area (Å²) in [7, 11) is 0. The number of carbonyl (C=O) groups is 3. The maximum absolute atomic E-state index is 13.6. The lowest BCUT2D eigenvalue weighted by atomic mass is 10.1. The van der Waals surface area contributed by atoms with Crippen LogP contribution in [0.3, 0.4) is 0 Å². The van der Waals surface area contributed by atoms with Crippen LogP contribution in [-0.2, 0) is 4.74 Å². The van der Waals surface area contributed by atoms with Gasteiger partial charge in [-0.25, -0.2) is 9.80 Å². The number of azo groups is 1. The van der Waals surface area contributed by atoms with Gasteiger partial charge in [0.2, 0.25) is 0 Å². The predicted octanol–water partition coefficient (Wildman–Crippen LogP) is 2.83. The number of fused-ring (bicyclic) bond motifs is 3. The third kappa shape index (κ3) is 4.46. The molecule has 37 heavy (non-hydrogen) atoms. The Balaban J connectivity index is 1.23. The van der Waals surface area contributed by atoms with Crippen molar-refractivity contribution < 1.29 is 24.2 Å². The fourth-order valence-corrected chi connectivity index (χ4v) is 6.10. The van der Waals surface area contributed by atoms with Crippen molar-refractivity contribution in [1.29, 1.82) is 0 Å². The quantitative estimate of drug-likeness (QED) is 0.565. The summed E-state index contributed by atoms with van der Waals surface area (Å²) in [5, 5.41) is 23.2. The summed E-state index contributed by atoms with van der Waals surface area (Å²) in [6, 6.07) is 7.84. The number of ether oxygens (including phenoxy) is 1. The zero-order chi connectivity index (χ0) is 25.5. The Morgan fingerprint density at radius 2 is 1.97 bits per heavy atom. The Bertz CT molecular complexity index is 1330. The minimum absolute atomic E-state index is 0.133. The van der Waals surface area contributed by atoms with Crippen LogP contribution < -0.4 is 10.7 Å². The first-order chi connectivity index (χ1) is 18.0. The average Bonchev–Trinajstić information content (AvgIpc) is 3.61. The number of ketones is 1. The summed E-state index contributed by atoms with van der Waals surface area (Å²) in [4.78, 5) is 42.1. The normalized spacial score (nSPS) is 23.3. The molecule has 4 heterocycles. The number of rotatable bonds is 4. The summed E-state index contributed by atoms with van der Waals surface area (Å²) >= 11 is 1.26. The molecular formula is C25H26N6O5S. The molecule has 192 valence electrons. The van der Waals surface area contributed by atoms with Gasteiger partial charge in [-0.2, -0.15) is 10.2 Å². The van der Waals surface area contributed by atoms with E-state index in [0.717, 1.165) is 6.42 Å². The van der Waals surface area contributed by atoms with Gasteiger partial charge in [0, 0.05) is 26.2 Å².